The molecule has 3 aromatic rings. The Morgan fingerprint density at radius 1 is 1.22 bits per heavy atom. The normalized spacial score (nSPS) is 13.3. The van der Waals surface area contributed by atoms with Crippen molar-refractivity contribution < 1.29 is 18.7 Å². The Hall–Kier alpha value is -3.42. The van der Waals surface area contributed by atoms with E-state index in [1.165, 1.54) is 30.2 Å². The highest BCUT2D eigenvalue weighted by atomic mass is 19.1. The molecule has 1 aliphatic heterocycles. The summed E-state index contributed by atoms with van der Waals surface area (Å²) in [4.78, 5) is 30.9. The van der Waals surface area contributed by atoms with Crippen LogP contribution in [0, 0.1) is 5.82 Å². The highest BCUT2D eigenvalue weighted by Gasteiger charge is 2.30. The van der Waals surface area contributed by atoms with Crippen LogP contribution < -0.4 is 5.32 Å². The van der Waals surface area contributed by atoms with E-state index in [0.29, 0.717) is 41.1 Å². The van der Waals surface area contributed by atoms with Gasteiger partial charge in [0.25, 0.3) is 5.91 Å². The Labute approximate surface area is 154 Å². The third kappa shape index (κ3) is 2.99. The Bertz CT molecular complexity index is 1050. The van der Waals surface area contributed by atoms with Gasteiger partial charge in [0.1, 0.15) is 11.5 Å². The van der Waals surface area contributed by atoms with Gasteiger partial charge in [0, 0.05) is 30.4 Å². The number of rotatable bonds is 2. The van der Waals surface area contributed by atoms with E-state index in [1.54, 1.807) is 18.3 Å². The number of nitrogens with one attached hydrogen (secondary N) is 1. The molecule has 0 unspecified atom stereocenters. The Balaban J connectivity index is 1.78. The molecule has 0 saturated heterocycles. The molecular formula is C19H17FN4O3. The minimum atomic E-state index is -0.448. The molecule has 0 atom stereocenters. The fourth-order valence-electron chi connectivity index (χ4n) is 3.41. The summed E-state index contributed by atoms with van der Waals surface area (Å²) in [5.74, 6) is -0.811. The summed E-state index contributed by atoms with van der Waals surface area (Å²) in [5.41, 5.74) is 2.14. The molecule has 1 N–H and O–H groups in total. The summed E-state index contributed by atoms with van der Waals surface area (Å²) in [7, 11) is 1.33. The van der Waals surface area contributed by atoms with Crippen LogP contribution in [0.3, 0.4) is 0 Å². The van der Waals surface area contributed by atoms with Crippen molar-refractivity contribution in [1.29, 1.82) is 0 Å². The number of halogens is 1. The molecule has 2 aromatic heterocycles. The first-order valence-corrected chi connectivity index (χ1v) is 8.44. The SMILES string of the molecule is COC(=O)N1CCn2c(c(C(=O)Nc3cccc(F)c3)c3cccnc32)C1. The molecule has 0 saturated carbocycles. The average molecular weight is 368 g/mol. The van der Waals surface area contributed by atoms with Crippen molar-refractivity contribution in [3.05, 3.63) is 59.7 Å². The maximum absolute atomic E-state index is 13.4. The highest BCUT2D eigenvalue weighted by Crippen LogP contribution is 2.29. The molecule has 7 nitrogen and oxygen atoms in total. The van der Waals surface area contributed by atoms with E-state index in [4.69, 9.17) is 4.74 Å². The van der Waals surface area contributed by atoms with Gasteiger partial charge < -0.3 is 19.5 Å². The number of hydrogen-bond acceptors (Lipinski definition) is 4. The van der Waals surface area contributed by atoms with Crippen molar-refractivity contribution in [2.75, 3.05) is 19.0 Å². The van der Waals surface area contributed by atoms with Gasteiger partial charge in [-0.15, -0.1) is 0 Å². The van der Waals surface area contributed by atoms with Gasteiger partial charge in [0.2, 0.25) is 0 Å². The van der Waals surface area contributed by atoms with Crippen molar-refractivity contribution in [2.45, 2.75) is 13.1 Å². The second kappa shape index (κ2) is 6.71. The lowest BCUT2D eigenvalue weighted by molar-refractivity contribution is 0.101. The molecule has 8 heteroatoms. The molecule has 27 heavy (non-hydrogen) atoms. The predicted octanol–water partition coefficient (Wildman–Crippen LogP) is 3.01. The van der Waals surface area contributed by atoms with Crippen molar-refractivity contribution in [1.82, 2.24) is 14.5 Å². The van der Waals surface area contributed by atoms with Crippen LogP contribution in [-0.2, 0) is 17.8 Å². The molecule has 0 fully saturated rings. The van der Waals surface area contributed by atoms with Gasteiger partial charge in [-0.3, -0.25) is 4.79 Å². The predicted molar refractivity (Wildman–Crippen MR) is 96.9 cm³/mol. The van der Waals surface area contributed by atoms with Crippen LogP contribution in [0.2, 0.25) is 0 Å². The van der Waals surface area contributed by atoms with Crippen LogP contribution in [0.4, 0.5) is 14.9 Å². The summed E-state index contributed by atoms with van der Waals surface area (Å²) in [6.45, 7) is 1.20. The number of benzene rings is 1. The number of nitrogens with zero attached hydrogens (tertiary/aromatic N) is 3. The maximum atomic E-state index is 13.4. The first kappa shape index (κ1) is 17.0. The van der Waals surface area contributed by atoms with Gasteiger partial charge in [0.15, 0.2) is 0 Å². The lowest BCUT2D eigenvalue weighted by Crippen LogP contribution is -2.38. The third-order valence-corrected chi connectivity index (χ3v) is 4.60. The van der Waals surface area contributed by atoms with E-state index in [9.17, 15) is 14.0 Å². The van der Waals surface area contributed by atoms with Crippen LogP contribution >= 0.6 is 0 Å². The smallest absolute Gasteiger partial charge is 0.409 e. The van der Waals surface area contributed by atoms with Crippen LogP contribution in [-0.4, -0.2) is 40.1 Å². The molecule has 1 aliphatic rings. The minimum Gasteiger partial charge on any atom is -0.453 e. The zero-order valence-electron chi connectivity index (χ0n) is 14.6. The number of anilines is 1. The monoisotopic (exact) mass is 368 g/mol. The van der Waals surface area contributed by atoms with Gasteiger partial charge in [-0.05, 0) is 30.3 Å². The van der Waals surface area contributed by atoms with Gasteiger partial charge in [0.05, 0.1) is 24.9 Å². The van der Waals surface area contributed by atoms with Crippen molar-refractivity contribution in [3.63, 3.8) is 0 Å². The zero-order chi connectivity index (χ0) is 19.0. The van der Waals surface area contributed by atoms with Crippen LogP contribution in [0.25, 0.3) is 11.0 Å². The van der Waals surface area contributed by atoms with E-state index in [0.717, 1.165) is 0 Å². The lowest BCUT2D eigenvalue weighted by Gasteiger charge is -2.28. The standard InChI is InChI=1S/C19H17FN4O3/c1-27-19(26)23-8-9-24-15(11-23)16(14-6-3-7-21-17(14)24)18(25)22-13-5-2-4-12(20)10-13/h2-7,10H,8-9,11H2,1H3,(H,22,25). The molecule has 138 valence electrons. The van der Waals surface area contributed by atoms with E-state index in [2.05, 4.69) is 10.3 Å². The van der Waals surface area contributed by atoms with Crippen LogP contribution in [0.5, 0.6) is 0 Å². The van der Waals surface area contributed by atoms with Gasteiger partial charge >= 0.3 is 6.09 Å². The lowest BCUT2D eigenvalue weighted by atomic mass is 10.1. The number of carbonyl (C=O) groups is 2. The molecule has 1 aromatic carbocycles. The molecule has 0 bridgehead atoms. The van der Waals surface area contributed by atoms with Crippen molar-refractivity contribution in [3.8, 4) is 0 Å². The van der Waals surface area contributed by atoms with E-state index < -0.39 is 11.9 Å². The third-order valence-electron chi connectivity index (χ3n) is 4.60. The number of carbonyl (C=O) groups excluding carboxylic acids is 2. The van der Waals surface area contributed by atoms with E-state index >= 15 is 0 Å². The number of ether oxygens (including phenoxy) is 1. The quantitative estimate of drug-likeness (QED) is 0.754. The molecule has 0 radical (unpaired) electrons. The summed E-state index contributed by atoms with van der Waals surface area (Å²) >= 11 is 0. The van der Waals surface area contributed by atoms with Gasteiger partial charge in [-0.1, -0.05) is 6.07 Å². The van der Waals surface area contributed by atoms with E-state index in [-0.39, 0.29) is 12.5 Å². The maximum Gasteiger partial charge on any atom is 0.409 e. The molecule has 0 spiro atoms. The number of aromatic nitrogens is 2. The Kier molecular flexibility index (Phi) is 4.23. The molecule has 3 heterocycles. The first-order valence-electron chi connectivity index (χ1n) is 8.44. The van der Waals surface area contributed by atoms with Crippen molar-refractivity contribution in [2.24, 2.45) is 0 Å². The first-order chi connectivity index (χ1) is 13.1. The fourth-order valence-corrected chi connectivity index (χ4v) is 3.41. The average Bonchev–Trinajstić information content (AvgIpc) is 3.01. The zero-order valence-corrected chi connectivity index (χ0v) is 14.6. The number of hydrogen-bond donors (Lipinski definition) is 1. The molecule has 2 amide bonds. The molecule has 4 rings (SSSR count). The van der Waals surface area contributed by atoms with Crippen LogP contribution in [0.1, 0.15) is 16.1 Å². The Morgan fingerprint density at radius 3 is 2.85 bits per heavy atom. The number of fused-ring (bicyclic) bond motifs is 3. The summed E-state index contributed by atoms with van der Waals surface area (Å²) in [6.07, 6.45) is 1.22. The topological polar surface area (TPSA) is 76.5 Å². The number of methoxy groups -OCH3 is 1. The summed E-state index contributed by atoms with van der Waals surface area (Å²) in [5, 5.41) is 3.42. The van der Waals surface area contributed by atoms with E-state index in [1.807, 2.05) is 10.6 Å². The van der Waals surface area contributed by atoms with Gasteiger partial charge in [-0.2, -0.15) is 0 Å². The largest absolute Gasteiger partial charge is 0.453 e. The van der Waals surface area contributed by atoms with Crippen LogP contribution in [0.15, 0.2) is 42.6 Å². The number of amides is 2. The van der Waals surface area contributed by atoms with Crippen molar-refractivity contribution >= 4 is 28.7 Å². The summed E-state index contributed by atoms with van der Waals surface area (Å²) in [6, 6.07) is 9.27. The molecular weight excluding hydrogens is 351 g/mol. The Morgan fingerprint density at radius 2 is 2.07 bits per heavy atom. The minimum absolute atomic E-state index is 0.231. The summed E-state index contributed by atoms with van der Waals surface area (Å²) < 4.78 is 20.2. The number of pyridine rings is 1. The highest BCUT2D eigenvalue weighted by molar-refractivity contribution is 6.13. The second-order valence-electron chi connectivity index (χ2n) is 6.20. The molecule has 0 aliphatic carbocycles. The fraction of sp³-hybridized carbons (Fsp3) is 0.211. The second-order valence-corrected chi connectivity index (χ2v) is 6.20. The van der Waals surface area contributed by atoms with Gasteiger partial charge in [-0.25, -0.2) is 14.2 Å².